The van der Waals surface area contributed by atoms with E-state index in [1.807, 2.05) is 37.3 Å². The van der Waals surface area contributed by atoms with Crippen molar-refractivity contribution in [1.29, 1.82) is 0 Å². The van der Waals surface area contributed by atoms with E-state index in [9.17, 15) is 14.7 Å². The quantitative estimate of drug-likeness (QED) is 0.683. The van der Waals surface area contributed by atoms with Crippen molar-refractivity contribution >= 4 is 11.8 Å². The minimum absolute atomic E-state index is 0.0947. The lowest BCUT2D eigenvalue weighted by atomic mass is 10.0. The summed E-state index contributed by atoms with van der Waals surface area (Å²) >= 11 is 0. The van der Waals surface area contributed by atoms with Crippen molar-refractivity contribution in [2.45, 2.75) is 31.6 Å². The first kappa shape index (κ1) is 17.0. The second-order valence-electron chi connectivity index (χ2n) is 6.16. The minimum Gasteiger partial charge on any atom is -0.508 e. The van der Waals surface area contributed by atoms with Crippen molar-refractivity contribution in [3.05, 3.63) is 65.7 Å². The van der Waals surface area contributed by atoms with Gasteiger partial charge in [-0.15, -0.1) is 0 Å². The van der Waals surface area contributed by atoms with Crippen LogP contribution in [0.1, 0.15) is 36.7 Å². The Hall–Kier alpha value is -2.86. The van der Waals surface area contributed by atoms with Gasteiger partial charge < -0.3 is 15.7 Å². The summed E-state index contributed by atoms with van der Waals surface area (Å²) in [6.45, 7) is 1.86. The Labute approximate surface area is 146 Å². The molecular weight excluding hydrogens is 318 g/mol. The summed E-state index contributed by atoms with van der Waals surface area (Å²) in [6, 6.07) is 15.3. The number of amides is 2. The number of hydrogen-bond acceptors (Lipinski definition) is 4. The van der Waals surface area contributed by atoms with Crippen LogP contribution in [0.5, 0.6) is 5.75 Å². The Morgan fingerprint density at radius 1 is 1.16 bits per heavy atom. The van der Waals surface area contributed by atoms with Crippen LogP contribution in [0.2, 0.25) is 0 Å². The largest absolute Gasteiger partial charge is 0.508 e. The molecule has 3 rings (SSSR count). The van der Waals surface area contributed by atoms with Crippen molar-refractivity contribution in [1.82, 2.24) is 16.0 Å². The molecule has 25 heavy (non-hydrogen) atoms. The molecule has 1 saturated heterocycles. The highest BCUT2D eigenvalue weighted by molar-refractivity contribution is 5.89. The van der Waals surface area contributed by atoms with Crippen molar-refractivity contribution in [2.75, 3.05) is 0 Å². The van der Waals surface area contributed by atoms with E-state index >= 15 is 0 Å². The van der Waals surface area contributed by atoms with E-state index in [-0.39, 0.29) is 36.2 Å². The average molecular weight is 339 g/mol. The number of nitrogens with one attached hydrogen (secondary N) is 3. The third kappa shape index (κ3) is 4.16. The molecular formula is C19H21N3O3. The van der Waals surface area contributed by atoms with E-state index in [2.05, 4.69) is 16.0 Å². The molecule has 6 nitrogen and oxygen atoms in total. The van der Waals surface area contributed by atoms with E-state index in [1.54, 1.807) is 24.3 Å². The number of hydrogen-bond donors (Lipinski definition) is 4. The second-order valence-corrected chi connectivity index (χ2v) is 6.16. The molecule has 130 valence electrons. The lowest BCUT2D eigenvalue weighted by molar-refractivity contribution is -0.132. The number of phenolic OH excluding ortho intramolecular Hbond substituents is 1. The molecule has 0 aliphatic carbocycles. The van der Waals surface area contributed by atoms with Gasteiger partial charge in [-0.1, -0.05) is 42.5 Å². The zero-order valence-electron chi connectivity index (χ0n) is 13.9. The number of aromatic hydroxyl groups is 1. The van der Waals surface area contributed by atoms with E-state index in [1.165, 1.54) is 0 Å². The van der Waals surface area contributed by atoms with Crippen LogP contribution >= 0.6 is 0 Å². The number of phenols is 1. The van der Waals surface area contributed by atoms with Gasteiger partial charge in [-0.25, -0.2) is 0 Å². The standard InChI is InChI=1S/C19H21N3O3/c1-12(13-7-9-15(23)10-8-13)20-19(25)16-11-17(24)22-18(21-16)14-5-3-2-4-6-14/h2-10,12,16,18,21,23H,11H2,1H3,(H,20,25)(H,22,24). The van der Waals surface area contributed by atoms with Crippen LogP contribution < -0.4 is 16.0 Å². The summed E-state index contributed by atoms with van der Waals surface area (Å²) in [5.74, 6) is -0.208. The summed E-state index contributed by atoms with van der Waals surface area (Å²) in [5.41, 5.74) is 1.78. The van der Waals surface area contributed by atoms with E-state index in [0.29, 0.717) is 0 Å². The monoisotopic (exact) mass is 339 g/mol. The zero-order chi connectivity index (χ0) is 17.8. The summed E-state index contributed by atoms with van der Waals surface area (Å²) in [4.78, 5) is 24.6. The Morgan fingerprint density at radius 2 is 1.84 bits per heavy atom. The first-order valence-corrected chi connectivity index (χ1v) is 8.22. The number of carbonyl (C=O) groups is 2. The van der Waals surface area contributed by atoms with Crippen molar-refractivity contribution in [2.24, 2.45) is 0 Å². The molecule has 1 aliphatic heterocycles. The summed E-state index contributed by atoms with van der Waals surface area (Å²) < 4.78 is 0. The van der Waals surface area contributed by atoms with Gasteiger partial charge in [0.25, 0.3) is 0 Å². The van der Waals surface area contributed by atoms with Crippen molar-refractivity contribution in [3.63, 3.8) is 0 Å². The third-order valence-electron chi connectivity index (χ3n) is 4.26. The van der Waals surface area contributed by atoms with E-state index in [0.717, 1.165) is 11.1 Å². The molecule has 6 heteroatoms. The molecule has 3 atom stereocenters. The van der Waals surface area contributed by atoms with Crippen LogP contribution in [-0.4, -0.2) is 23.0 Å². The number of carbonyl (C=O) groups excluding carboxylic acids is 2. The van der Waals surface area contributed by atoms with Crippen LogP contribution in [0, 0.1) is 0 Å². The van der Waals surface area contributed by atoms with Gasteiger partial charge in [-0.2, -0.15) is 0 Å². The molecule has 1 heterocycles. The lowest BCUT2D eigenvalue weighted by Gasteiger charge is -2.31. The van der Waals surface area contributed by atoms with E-state index in [4.69, 9.17) is 0 Å². The topological polar surface area (TPSA) is 90.5 Å². The van der Waals surface area contributed by atoms with Crippen LogP contribution in [-0.2, 0) is 9.59 Å². The first-order chi connectivity index (χ1) is 12.0. The smallest absolute Gasteiger partial charge is 0.238 e. The van der Waals surface area contributed by atoms with Gasteiger partial charge in [0.05, 0.1) is 18.5 Å². The highest BCUT2D eigenvalue weighted by Gasteiger charge is 2.31. The molecule has 0 bridgehead atoms. The van der Waals surface area contributed by atoms with Gasteiger partial charge >= 0.3 is 0 Å². The Bertz CT molecular complexity index is 746. The molecule has 3 unspecified atom stereocenters. The SMILES string of the molecule is CC(NC(=O)C1CC(=O)NC(c2ccccc2)N1)c1ccc(O)cc1. The summed E-state index contributed by atoms with van der Waals surface area (Å²) in [6.07, 6.45) is -0.292. The maximum Gasteiger partial charge on any atom is 0.238 e. The fourth-order valence-corrected chi connectivity index (χ4v) is 2.86. The normalized spacial score (nSPS) is 21.2. The van der Waals surface area contributed by atoms with Crippen molar-refractivity contribution in [3.8, 4) is 5.75 Å². The molecule has 0 spiro atoms. The highest BCUT2D eigenvalue weighted by atomic mass is 16.3. The minimum atomic E-state index is -0.599. The fraction of sp³-hybridized carbons (Fsp3) is 0.263. The number of rotatable bonds is 4. The molecule has 0 saturated carbocycles. The van der Waals surface area contributed by atoms with Crippen molar-refractivity contribution < 1.29 is 14.7 Å². The van der Waals surface area contributed by atoms with Gasteiger partial charge in [0.2, 0.25) is 11.8 Å². The van der Waals surface area contributed by atoms with Crippen LogP contribution in [0.4, 0.5) is 0 Å². The number of benzene rings is 2. The first-order valence-electron chi connectivity index (χ1n) is 8.22. The predicted octanol–water partition coefficient (Wildman–Crippen LogP) is 1.75. The lowest BCUT2D eigenvalue weighted by Crippen LogP contribution is -2.56. The van der Waals surface area contributed by atoms with Gasteiger partial charge in [0, 0.05) is 0 Å². The molecule has 0 aromatic heterocycles. The molecule has 1 fully saturated rings. The predicted molar refractivity (Wildman–Crippen MR) is 93.5 cm³/mol. The van der Waals surface area contributed by atoms with Gasteiger partial charge in [0.15, 0.2) is 0 Å². The molecule has 2 aromatic rings. The van der Waals surface area contributed by atoms with Gasteiger partial charge in [0.1, 0.15) is 11.9 Å². The molecule has 0 radical (unpaired) electrons. The zero-order valence-corrected chi connectivity index (χ0v) is 13.9. The highest BCUT2D eigenvalue weighted by Crippen LogP contribution is 2.18. The molecule has 2 aromatic carbocycles. The molecule has 1 aliphatic rings. The average Bonchev–Trinajstić information content (AvgIpc) is 2.62. The fourth-order valence-electron chi connectivity index (χ4n) is 2.86. The second kappa shape index (κ2) is 7.36. The Balaban J connectivity index is 1.66. The van der Waals surface area contributed by atoms with E-state index < -0.39 is 6.04 Å². The van der Waals surface area contributed by atoms with Crippen LogP contribution in [0.25, 0.3) is 0 Å². The third-order valence-corrected chi connectivity index (χ3v) is 4.26. The maximum atomic E-state index is 12.6. The maximum absolute atomic E-state index is 12.6. The molecule has 2 amide bonds. The van der Waals surface area contributed by atoms with Crippen LogP contribution in [0.3, 0.4) is 0 Å². The molecule has 4 N–H and O–H groups in total. The van der Waals surface area contributed by atoms with Gasteiger partial charge in [-0.3, -0.25) is 14.9 Å². The van der Waals surface area contributed by atoms with Crippen LogP contribution in [0.15, 0.2) is 54.6 Å². The summed E-state index contributed by atoms with van der Waals surface area (Å²) in [5, 5.41) is 18.3. The van der Waals surface area contributed by atoms with Gasteiger partial charge in [-0.05, 0) is 30.2 Å². The summed E-state index contributed by atoms with van der Waals surface area (Å²) in [7, 11) is 0. The Kier molecular flexibility index (Phi) is 5.00. The Morgan fingerprint density at radius 3 is 2.52 bits per heavy atom.